The standard InChI is InChI=1S/C17H23BrINO4/c1-16(2,3)23-14(21)20-15(22)24-17(4,5)9-8-11-10-12(19)6-7-13(11)18/h6-7,10H,8-9H2,1-5H3,(H,20,21,22). The highest BCUT2D eigenvalue weighted by atomic mass is 127. The van der Waals surface area contributed by atoms with Gasteiger partial charge in [-0.2, -0.15) is 0 Å². The second kappa shape index (κ2) is 8.51. The smallest absolute Gasteiger partial charge is 0.417 e. The molecule has 0 heterocycles. The van der Waals surface area contributed by atoms with Crippen LogP contribution < -0.4 is 5.32 Å². The normalized spacial score (nSPS) is 11.8. The molecular weight excluding hydrogens is 489 g/mol. The van der Waals surface area contributed by atoms with Crippen molar-refractivity contribution >= 4 is 50.7 Å². The summed E-state index contributed by atoms with van der Waals surface area (Å²) in [4.78, 5) is 23.4. The molecule has 1 aromatic carbocycles. The van der Waals surface area contributed by atoms with Crippen molar-refractivity contribution in [3.05, 3.63) is 31.8 Å². The first-order chi connectivity index (χ1) is 10.9. The van der Waals surface area contributed by atoms with Gasteiger partial charge in [0.1, 0.15) is 11.2 Å². The Morgan fingerprint density at radius 3 is 2.29 bits per heavy atom. The minimum atomic E-state index is -0.816. The van der Waals surface area contributed by atoms with Crippen molar-refractivity contribution in [2.75, 3.05) is 0 Å². The summed E-state index contributed by atoms with van der Waals surface area (Å²) in [6, 6.07) is 6.10. The molecule has 0 aliphatic carbocycles. The molecule has 0 aliphatic heterocycles. The lowest BCUT2D eigenvalue weighted by atomic mass is 9.98. The Morgan fingerprint density at radius 2 is 1.71 bits per heavy atom. The van der Waals surface area contributed by atoms with Gasteiger partial charge in [0.05, 0.1) is 0 Å². The van der Waals surface area contributed by atoms with Gasteiger partial charge in [0.2, 0.25) is 0 Å². The number of aryl methyl sites for hydroxylation is 1. The fourth-order valence-corrected chi connectivity index (χ4v) is 2.89. The number of carbonyl (C=O) groups excluding carboxylic acids is 2. The van der Waals surface area contributed by atoms with Crippen molar-refractivity contribution in [1.82, 2.24) is 5.32 Å². The molecular formula is C17H23BrINO4. The molecule has 1 aromatic rings. The van der Waals surface area contributed by atoms with Gasteiger partial charge in [-0.25, -0.2) is 14.9 Å². The lowest BCUT2D eigenvalue weighted by molar-refractivity contribution is 0.0238. The minimum absolute atomic E-state index is 0.618. The van der Waals surface area contributed by atoms with Gasteiger partial charge in [-0.15, -0.1) is 0 Å². The maximum atomic E-state index is 11.8. The van der Waals surface area contributed by atoms with Crippen LogP contribution in [0.3, 0.4) is 0 Å². The van der Waals surface area contributed by atoms with Crippen LogP contribution in [-0.2, 0) is 15.9 Å². The first-order valence-corrected chi connectivity index (χ1v) is 9.42. The van der Waals surface area contributed by atoms with Crippen LogP contribution in [0.5, 0.6) is 0 Å². The van der Waals surface area contributed by atoms with Gasteiger partial charge in [0.15, 0.2) is 0 Å². The van der Waals surface area contributed by atoms with Crippen LogP contribution in [0.1, 0.15) is 46.6 Å². The maximum absolute atomic E-state index is 11.8. The summed E-state index contributed by atoms with van der Waals surface area (Å²) in [5.74, 6) is 0. The van der Waals surface area contributed by atoms with Crippen molar-refractivity contribution in [1.29, 1.82) is 0 Å². The molecule has 0 fully saturated rings. The van der Waals surface area contributed by atoms with E-state index in [9.17, 15) is 9.59 Å². The number of rotatable bonds is 4. The van der Waals surface area contributed by atoms with Crippen molar-refractivity contribution < 1.29 is 19.1 Å². The molecule has 134 valence electrons. The number of hydrogen-bond donors (Lipinski definition) is 1. The number of hydrogen-bond acceptors (Lipinski definition) is 4. The van der Waals surface area contributed by atoms with E-state index in [4.69, 9.17) is 9.47 Å². The topological polar surface area (TPSA) is 64.6 Å². The summed E-state index contributed by atoms with van der Waals surface area (Å²) in [5.41, 5.74) is -0.241. The average Bonchev–Trinajstić information content (AvgIpc) is 2.36. The molecule has 7 heteroatoms. The molecule has 0 atom stereocenters. The van der Waals surface area contributed by atoms with Crippen molar-refractivity contribution in [2.24, 2.45) is 0 Å². The molecule has 0 spiro atoms. The molecule has 5 nitrogen and oxygen atoms in total. The summed E-state index contributed by atoms with van der Waals surface area (Å²) < 4.78 is 12.5. The Hall–Kier alpha value is -0.830. The fourth-order valence-electron chi connectivity index (χ4n) is 1.89. The molecule has 0 radical (unpaired) electrons. The van der Waals surface area contributed by atoms with Crippen molar-refractivity contribution in [2.45, 2.75) is 58.7 Å². The van der Waals surface area contributed by atoms with E-state index in [1.165, 1.54) is 0 Å². The Labute approximate surface area is 165 Å². The SMILES string of the molecule is CC(C)(C)OC(=O)NC(=O)OC(C)(C)CCc1cc(I)ccc1Br. The molecule has 1 rings (SSSR count). The zero-order valence-electron chi connectivity index (χ0n) is 14.5. The zero-order valence-corrected chi connectivity index (χ0v) is 18.3. The van der Waals surface area contributed by atoms with Gasteiger partial charge in [-0.3, -0.25) is 0 Å². The third-order valence-corrected chi connectivity index (χ3v) is 4.42. The van der Waals surface area contributed by atoms with Gasteiger partial charge < -0.3 is 9.47 Å². The van der Waals surface area contributed by atoms with Crippen LogP contribution in [0.25, 0.3) is 0 Å². The number of halogens is 2. The van der Waals surface area contributed by atoms with E-state index in [0.29, 0.717) is 6.42 Å². The molecule has 24 heavy (non-hydrogen) atoms. The number of benzene rings is 1. The molecule has 1 N–H and O–H groups in total. The number of imide groups is 1. The first-order valence-electron chi connectivity index (χ1n) is 7.55. The molecule has 0 unspecified atom stereocenters. The van der Waals surface area contributed by atoms with E-state index in [1.807, 2.05) is 26.0 Å². The summed E-state index contributed by atoms with van der Waals surface area (Å²) in [6.45, 7) is 8.79. The van der Waals surface area contributed by atoms with Gasteiger partial charge >= 0.3 is 12.2 Å². The Bertz CT molecular complexity index is 611. The molecule has 0 bridgehead atoms. The monoisotopic (exact) mass is 511 g/mol. The third-order valence-electron chi connectivity index (χ3n) is 2.98. The van der Waals surface area contributed by atoms with Gasteiger partial charge in [0.25, 0.3) is 0 Å². The summed E-state index contributed by atoms with van der Waals surface area (Å²) in [6.07, 6.45) is -0.267. The number of amides is 2. The highest BCUT2D eigenvalue weighted by Crippen LogP contribution is 2.24. The molecule has 0 saturated carbocycles. The molecule has 0 aliphatic rings. The zero-order chi connectivity index (χ0) is 18.5. The van der Waals surface area contributed by atoms with Crippen molar-refractivity contribution in [3.8, 4) is 0 Å². The van der Waals surface area contributed by atoms with Crippen LogP contribution >= 0.6 is 38.5 Å². The van der Waals surface area contributed by atoms with Crippen LogP contribution in [0.15, 0.2) is 22.7 Å². The minimum Gasteiger partial charge on any atom is -0.443 e. The fraction of sp³-hybridized carbons (Fsp3) is 0.529. The van der Waals surface area contributed by atoms with Crippen LogP contribution in [0.4, 0.5) is 9.59 Å². The van der Waals surface area contributed by atoms with E-state index in [-0.39, 0.29) is 0 Å². The predicted molar refractivity (Wildman–Crippen MR) is 105 cm³/mol. The van der Waals surface area contributed by atoms with E-state index >= 15 is 0 Å². The van der Waals surface area contributed by atoms with Crippen LogP contribution in [-0.4, -0.2) is 23.4 Å². The van der Waals surface area contributed by atoms with Gasteiger partial charge in [0, 0.05) is 8.04 Å². The van der Waals surface area contributed by atoms with Gasteiger partial charge in [-0.1, -0.05) is 15.9 Å². The number of carbonyl (C=O) groups is 2. The molecule has 2 amide bonds. The lowest BCUT2D eigenvalue weighted by Crippen LogP contribution is -2.40. The number of alkyl carbamates (subject to hydrolysis) is 2. The Balaban J connectivity index is 2.55. The Kier molecular flexibility index (Phi) is 7.52. The van der Waals surface area contributed by atoms with Crippen LogP contribution in [0.2, 0.25) is 0 Å². The summed E-state index contributed by atoms with van der Waals surface area (Å²) in [5, 5.41) is 2.08. The largest absolute Gasteiger partial charge is 0.443 e. The van der Waals surface area contributed by atoms with Crippen molar-refractivity contribution in [3.63, 3.8) is 0 Å². The van der Waals surface area contributed by atoms with Crippen LogP contribution in [0, 0.1) is 3.57 Å². The average molecular weight is 512 g/mol. The third kappa shape index (κ3) is 8.32. The molecule has 0 saturated heterocycles. The van der Waals surface area contributed by atoms with E-state index < -0.39 is 23.4 Å². The van der Waals surface area contributed by atoms with E-state index in [2.05, 4.69) is 49.9 Å². The predicted octanol–water partition coefficient (Wildman–Crippen LogP) is 5.43. The van der Waals surface area contributed by atoms with E-state index in [0.717, 1.165) is 20.0 Å². The van der Waals surface area contributed by atoms with E-state index in [1.54, 1.807) is 20.8 Å². The first kappa shape index (κ1) is 21.2. The molecule has 0 aromatic heterocycles. The highest BCUT2D eigenvalue weighted by Gasteiger charge is 2.26. The summed E-state index contributed by atoms with van der Waals surface area (Å²) >= 11 is 5.78. The quantitative estimate of drug-likeness (QED) is 0.547. The summed E-state index contributed by atoms with van der Waals surface area (Å²) in [7, 11) is 0. The number of nitrogens with one attached hydrogen (secondary N) is 1. The lowest BCUT2D eigenvalue weighted by Gasteiger charge is -2.26. The second-order valence-electron chi connectivity index (χ2n) is 7.01. The Morgan fingerprint density at radius 1 is 1.12 bits per heavy atom. The second-order valence-corrected chi connectivity index (χ2v) is 9.11. The van der Waals surface area contributed by atoms with Gasteiger partial charge in [-0.05, 0) is 93.8 Å². The maximum Gasteiger partial charge on any atom is 0.417 e. The number of ether oxygens (including phenoxy) is 2. The highest BCUT2D eigenvalue weighted by molar-refractivity contribution is 14.1.